The summed E-state index contributed by atoms with van der Waals surface area (Å²) in [6, 6.07) is 0. The lowest BCUT2D eigenvalue weighted by Gasteiger charge is -2.52. The fourth-order valence-electron chi connectivity index (χ4n) is 16.6. The highest BCUT2D eigenvalue weighted by molar-refractivity contribution is 7.46. The van der Waals surface area contributed by atoms with Gasteiger partial charge in [0.15, 0.2) is 12.4 Å². The lowest BCUT2D eigenvalue weighted by atomic mass is 9.79. The van der Waals surface area contributed by atoms with Crippen molar-refractivity contribution in [1.29, 1.82) is 0 Å². The number of carbonyl (C=O) groups is 7. The van der Waals surface area contributed by atoms with E-state index in [1.54, 1.807) is 20.8 Å². The van der Waals surface area contributed by atoms with Gasteiger partial charge in [-0.1, -0.05) is 388 Å². The van der Waals surface area contributed by atoms with E-state index in [9.17, 15) is 43.7 Å². The second-order valence-electron chi connectivity index (χ2n) is 36.6. The maximum absolute atomic E-state index is 15.6. The van der Waals surface area contributed by atoms with Crippen molar-refractivity contribution in [1.82, 2.24) is 10.2 Å². The van der Waals surface area contributed by atoms with Crippen molar-refractivity contribution in [3.63, 3.8) is 0 Å². The molecule has 5 N–H and O–H groups in total. The van der Waals surface area contributed by atoms with Gasteiger partial charge in [0.25, 0.3) is 0 Å². The van der Waals surface area contributed by atoms with Crippen LogP contribution in [0.5, 0.6) is 0 Å². The third kappa shape index (κ3) is 64.1. The lowest BCUT2D eigenvalue weighted by Crippen LogP contribution is -2.75. The summed E-state index contributed by atoms with van der Waals surface area (Å²) in [7, 11) is -5.71. The first-order valence-electron chi connectivity index (χ1n) is 50.2. The fraction of sp³-hybridized carbons (Fsp3) is 0.929. The molecule has 0 spiro atoms. The molecule has 0 aromatic heterocycles. The van der Waals surface area contributed by atoms with E-state index in [-0.39, 0.29) is 38.5 Å². The normalized spacial score (nSPS) is 17.0. The van der Waals surface area contributed by atoms with E-state index >= 15 is 14.4 Å². The molecule has 0 aliphatic carbocycles. The number of aliphatic hydroxyl groups is 2. The Morgan fingerprint density at radius 1 is 0.400 bits per heavy atom. The third-order valence-electron chi connectivity index (χ3n) is 23.8. The molecule has 0 bridgehead atoms. The highest BCUT2D eigenvalue weighted by Crippen LogP contribution is 2.45. The zero-order chi connectivity index (χ0) is 88.4. The van der Waals surface area contributed by atoms with E-state index in [0.29, 0.717) is 44.9 Å². The molecule has 1 aliphatic rings. The van der Waals surface area contributed by atoms with E-state index in [0.717, 1.165) is 198 Å². The molecule has 22 heteroatoms. The number of nitrogens with zero attached hydrogens (tertiary/aromatic N) is 1. The highest BCUT2D eigenvalue weighted by Gasteiger charge is 2.61. The predicted molar refractivity (Wildman–Crippen MR) is 485 cm³/mol. The number of ether oxygens (including phenoxy) is 6. The number of unbranched alkanes of at least 4 members (excludes halogenated alkanes) is 54. The number of hydrogen-bond donors (Lipinski definition) is 5. The Labute approximate surface area is 732 Å². The molecule has 0 radical (unpaired) electrons. The summed E-state index contributed by atoms with van der Waals surface area (Å²) in [5.74, 6) is -4.93. The number of phosphoric acid groups is 1. The SMILES string of the molecule is CCCCCCCCCCCCCC(=O)O[C@H](CCCCCCCCCCC)CC(=O)N[C@@]1(CCN(CC(=O)OC(C)(C)C)C(=O)C[C@@H](CCCCCCCCCCC)OC(=O)CCCCCCCCCCCCC)[C@H](O)O[C@H](CO)[C@@H](OP(=O)(O)O)[C@@H]1OC(=O)C[C@@H](CCCCCCCCCCC)OC(=O)CCCCCCCCCCCCC. The Kier molecular flexibility index (Phi) is 72.9. The molecular formula is C98H185N2O19P. The molecule has 21 nitrogen and oxygen atoms in total. The van der Waals surface area contributed by atoms with Crippen molar-refractivity contribution in [2.45, 2.75) is 566 Å². The molecule has 1 rings (SSSR count). The zero-order valence-electron chi connectivity index (χ0n) is 78.5. The number of nitrogens with one attached hydrogen (secondary N) is 1. The molecule has 120 heavy (non-hydrogen) atoms. The quantitative estimate of drug-likeness (QED) is 0.0164. The molecule has 1 aliphatic heterocycles. The van der Waals surface area contributed by atoms with Gasteiger partial charge in [0.05, 0.1) is 25.9 Å². The highest BCUT2D eigenvalue weighted by atomic mass is 31.2. The van der Waals surface area contributed by atoms with Gasteiger partial charge in [-0.2, -0.15) is 0 Å². The predicted octanol–water partition coefficient (Wildman–Crippen LogP) is 25.3. The number of carbonyl (C=O) groups excluding carboxylic acids is 7. The largest absolute Gasteiger partial charge is 0.470 e. The monoisotopic (exact) mass is 1730 g/mol. The number of hydrogen-bond acceptors (Lipinski definition) is 17. The van der Waals surface area contributed by atoms with Gasteiger partial charge in [-0.3, -0.25) is 38.1 Å². The number of aliphatic hydroxyl groups excluding tert-OH is 2. The molecule has 706 valence electrons. The molecule has 1 fully saturated rings. The van der Waals surface area contributed by atoms with E-state index in [4.69, 9.17) is 32.9 Å². The standard InChI is InChI=1S/C98H185N2O19P/c1-10-16-22-28-34-40-43-49-55-61-67-73-89(104)113-83(70-64-58-52-46-37-31-25-19-13-4)78-87(102)99-98(76-77-100(81-93(108)118-97(7,8)9)88(103)79-84(71-65-59-53-47-38-32-26-20-14-5)114-90(105)74-68-62-56-50-44-41-35-29-23-17-11-2)95(94(119-120(110,111)112)86(82-101)116-96(98)109)117-92(107)80-85(72-66-60-54-48-39-33-27-21-15-6)115-91(106)75-69-63-57-51-45-42-36-30-24-18-12-3/h83-86,94-96,101,109H,10-82H2,1-9H3,(H,99,102)(H2,110,111,112)/t83-,84-,85-,86-,94-,95+,96-,98-/m1/s1. The summed E-state index contributed by atoms with van der Waals surface area (Å²) < 4.78 is 56.1. The first-order valence-corrected chi connectivity index (χ1v) is 51.7. The molecule has 0 aromatic carbocycles. The maximum Gasteiger partial charge on any atom is 0.470 e. The van der Waals surface area contributed by atoms with Crippen LogP contribution >= 0.6 is 7.82 Å². The van der Waals surface area contributed by atoms with Crippen LogP contribution in [0.3, 0.4) is 0 Å². The van der Waals surface area contributed by atoms with Crippen LogP contribution in [-0.4, -0.2) is 140 Å². The molecule has 0 unspecified atom stereocenters. The van der Waals surface area contributed by atoms with Crippen molar-refractivity contribution >= 4 is 49.5 Å². The minimum absolute atomic E-state index is 0.104. The number of amides is 2. The van der Waals surface area contributed by atoms with Gasteiger partial charge in [0.2, 0.25) is 11.8 Å². The maximum atomic E-state index is 15.6. The summed E-state index contributed by atoms with van der Waals surface area (Å²) in [6.45, 7) is 15.9. The second kappa shape index (κ2) is 76.5. The molecule has 2 amide bonds. The van der Waals surface area contributed by atoms with Gasteiger partial charge in [-0.05, 0) is 85.0 Å². The van der Waals surface area contributed by atoms with Crippen molar-refractivity contribution in [3.05, 3.63) is 0 Å². The Morgan fingerprint density at radius 2 is 0.683 bits per heavy atom. The van der Waals surface area contributed by atoms with Crippen LogP contribution in [0.25, 0.3) is 0 Å². The Balaban J connectivity index is 4.23. The van der Waals surface area contributed by atoms with Crippen LogP contribution in [0, 0.1) is 0 Å². The minimum atomic E-state index is -5.71. The van der Waals surface area contributed by atoms with Crippen molar-refractivity contribution < 1.29 is 91.1 Å². The van der Waals surface area contributed by atoms with Gasteiger partial charge < -0.3 is 58.6 Å². The number of phosphoric ester groups is 1. The second-order valence-corrected chi connectivity index (χ2v) is 37.8. The van der Waals surface area contributed by atoms with Gasteiger partial charge in [0.1, 0.15) is 48.2 Å². The van der Waals surface area contributed by atoms with Crippen LogP contribution in [0.4, 0.5) is 0 Å². The zero-order valence-corrected chi connectivity index (χ0v) is 79.4. The molecule has 0 aromatic rings. The van der Waals surface area contributed by atoms with E-state index < -0.39 is 142 Å². The summed E-state index contributed by atoms with van der Waals surface area (Å²) in [4.78, 5) is 126. The third-order valence-corrected chi connectivity index (χ3v) is 24.3. The van der Waals surface area contributed by atoms with Crippen LogP contribution < -0.4 is 5.32 Å². The van der Waals surface area contributed by atoms with E-state index in [2.05, 4.69) is 46.9 Å². The summed E-state index contributed by atoms with van der Waals surface area (Å²) in [5, 5.41) is 27.0. The van der Waals surface area contributed by atoms with Crippen molar-refractivity contribution in [2.75, 3.05) is 19.7 Å². The van der Waals surface area contributed by atoms with E-state index in [1.807, 2.05) is 0 Å². The molecule has 0 saturated carbocycles. The molecular weight excluding hydrogens is 1540 g/mol. The van der Waals surface area contributed by atoms with Gasteiger partial charge in [-0.15, -0.1) is 0 Å². The Bertz CT molecular complexity index is 2550. The van der Waals surface area contributed by atoms with Gasteiger partial charge in [-0.25, -0.2) is 4.57 Å². The first kappa shape index (κ1) is 114. The average molecular weight is 1730 g/mol. The lowest BCUT2D eigenvalue weighted by molar-refractivity contribution is -0.286. The average Bonchev–Trinajstić information content (AvgIpc) is 0.743. The molecule has 8 atom stereocenters. The van der Waals surface area contributed by atoms with Crippen LogP contribution in [0.2, 0.25) is 0 Å². The Morgan fingerprint density at radius 3 is 0.975 bits per heavy atom. The van der Waals surface area contributed by atoms with Gasteiger partial charge >= 0.3 is 37.7 Å². The summed E-state index contributed by atoms with van der Waals surface area (Å²) in [5.41, 5.74) is -3.63. The molecule has 1 heterocycles. The van der Waals surface area contributed by atoms with Gasteiger partial charge in [0, 0.05) is 25.8 Å². The minimum Gasteiger partial charge on any atom is -0.462 e. The first-order chi connectivity index (χ1) is 57.9. The van der Waals surface area contributed by atoms with Crippen molar-refractivity contribution in [2.24, 2.45) is 0 Å². The smallest absolute Gasteiger partial charge is 0.462 e. The number of rotatable bonds is 85. The molecule has 1 saturated heterocycles. The summed E-state index contributed by atoms with van der Waals surface area (Å²) >= 11 is 0. The fourth-order valence-corrected chi connectivity index (χ4v) is 17.2. The van der Waals surface area contributed by atoms with Crippen LogP contribution in [0.15, 0.2) is 0 Å². The van der Waals surface area contributed by atoms with E-state index in [1.165, 1.54) is 154 Å². The van der Waals surface area contributed by atoms with Crippen LogP contribution in [-0.2, 0) is 71.1 Å². The van der Waals surface area contributed by atoms with Crippen molar-refractivity contribution in [3.8, 4) is 0 Å². The van der Waals surface area contributed by atoms with Crippen LogP contribution in [0.1, 0.15) is 512 Å². The summed E-state index contributed by atoms with van der Waals surface area (Å²) in [6.07, 6.45) is 50.6. The number of esters is 5. The topological polar surface area (TPSA) is 297 Å². The Hall–Kier alpha value is -3.72.